The molecule has 0 N–H and O–H groups in total. The lowest BCUT2D eigenvalue weighted by Gasteiger charge is -2.24. The molecule has 0 fully saturated rings. The van der Waals surface area contributed by atoms with Crippen LogP contribution in [-0.4, -0.2) is 12.5 Å². The van der Waals surface area contributed by atoms with Crippen LogP contribution in [0.25, 0.3) is 0 Å². The first kappa shape index (κ1) is 21.0. The average Bonchev–Trinajstić information content (AvgIpc) is 2.92. The number of anilines is 1. The number of hydrogen-bond acceptors (Lipinski definition) is 2. The van der Waals surface area contributed by atoms with E-state index in [1.807, 2.05) is 17.0 Å². The Balaban J connectivity index is 1.95. The quantitative estimate of drug-likeness (QED) is 0.407. The summed E-state index contributed by atoms with van der Waals surface area (Å²) in [6.07, 6.45) is 10.5. The number of amides is 1. The van der Waals surface area contributed by atoms with Gasteiger partial charge in [-0.3, -0.25) is 4.79 Å². The van der Waals surface area contributed by atoms with E-state index in [-0.39, 0.29) is 11.3 Å². The van der Waals surface area contributed by atoms with Crippen LogP contribution in [0.2, 0.25) is 0 Å². The standard InChI is InChI=1S/C22H31BrN2O/c1-3-4-5-6-7-8-9-11-21(26)25-17-22(2,14-10-15-24)19-16-18(23)12-13-20(19)25/h12-13,16H,3-11,14,17H2,1-2H3. The van der Waals surface area contributed by atoms with E-state index < -0.39 is 0 Å². The van der Waals surface area contributed by atoms with Crippen molar-refractivity contribution < 1.29 is 4.79 Å². The highest BCUT2D eigenvalue weighted by Gasteiger charge is 2.40. The largest absolute Gasteiger partial charge is 0.311 e. The van der Waals surface area contributed by atoms with Gasteiger partial charge < -0.3 is 4.90 Å². The number of carbonyl (C=O) groups is 1. The monoisotopic (exact) mass is 418 g/mol. The number of unbranched alkanes of at least 4 members (excludes halogenated alkanes) is 6. The van der Waals surface area contributed by atoms with E-state index in [0.717, 1.165) is 29.4 Å². The van der Waals surface area contributed by atoms with Crippen LogP contribution in [0.4, 0.5) is 5.69 Å². The summed E-state index contributed by atoms with van der Waals surface area (Å²) < 4.78 is 1.03. The molecule has 1 aromatic rings. The summed E-state index contributed by atoms with van der Waals surface area (Å²) in [7, 11) is 0. The van der Waals surface area contributed by atoms with Crippen molar-refractivity contribution in [2.75, 3.05) is 11.4 Å². The molecule has 0 radical (unpaired) electrons. The van der Waals surface area contributed by atoms with Gasteiger partial charge in [-0.1, -0.05) is 68.3 Å². The molecule has 0 spiro atoms. The molecule has 1 aliphatic heterocycles. The lowest BCUT2D eigenvalue weighted by Crippen LogP contribution is -2.35. The van der Waals surface area contributed by atoms with Gasteiger partial charge in [-0.15, -0.1) is 0 Å². The highest BCUT2D eigenvalue weighted by atomic mass is 79.9. The topological polar surface area (TPSA) is 44.1 Å². The average molecular weight is 419 g/mol. The molecule has 1 amide bonds. The van der Waals surface area contributed by atoms with Gasteiger partial charge >= 0.3 is 0 Å². The molecule has 1 atom stereocenters. The zero-order valence-corrected chi connectivity index (χ0v) is 17.8. The van der Waals surface area contributed by atoms with Crippen LogP contribution in [-0.2, 0) is 10.2 Å². The zero-order chi connectivity index (χ0) is 19.0. The molecule has 4 heteroatoms. The molecule has 0 bridgehead atoms. The number of nitrogens with zero attached hydrogens (tertiary/aromatic N) is 2. The number of benzene rings is 1. The summed E-state index contributed by atoms with van der Waals surface area (Å²) in [5.41, 5.74) is 2.08. The maximum absolute atomic E-state index is 12.8. The van der Waals surface area contributed by atoms with Crippen molar-refractivity contribution in [2.45, 2.75) is 83.5 Å². The Morgan fingerprint density at radius 3 is 2.62 bits per heavy atom. The molecule has 0 aromatic heterocycles. The molecule has 0 saturated carbocycles. The second kappa shape index (κ2) is 10.1. The van der Waals surface area contributed by atoms with Gasteiger partial charge in [0.15, 0.2) is 0 Å². The Morgan fingerprint density at radius 1 is 1.23 bits per heavy atom. The van der Waals surface area contributed by atoms with Crippen molar-refractivity contribution in [3.63, 3.8) is 0 Å². The maximum Gasteiger partial charge on any atom is 0.227 e. The Labute approximate surface area is 166 Å². The molecule has 0 aliphatic carbocycles. The lowest BCUT2D eigenvalue weighted by atomic mass is 9.80. The van der Waals surface area contributed by atoms with Gasteiger partial charge in [0.1, 0.15) is 0 Å². The number of nitriles is 1. The van der Waals surface area contributed by atoms with E-state index in [0.29, 0.717) is 19.4 Å². The first-order valence-corrected chi connectivity index (χ1v) is 10.8. The smallest absolute Gasteiger partial charge is 0.227 e. The van der Waals surface area contributed by atoms with E-state index in [1.165, 1.54) is 37.7 Å². The highest BCUT2D eigenvalue weighted by molar-refractivity contribution is 9.10. The molecule has 1 heterocycles. The van der Waals surface area contributed by atoms with Crippen molar-refractivity contribution in [1.82, 2.24) is 0 Å². The minimum atomic E-state index is -0.134. The Hall–Kier alpha value is -1.34. The number of carbonyl (C=O) groups excluding carboxylic acids is 1. The Kier molecular flexibility index (Phi) is 8.15. The van der Waals surface area contributed by atoms with Gasteiger partial charge in [0.2, 0.25) is 5.91 Å². The fourth-order valence-electron chi connectivity index (χ4n) is 3.88. The third kappa shape index (κ3) is 5.33. The van der Waals surface area contributed by atoms with E-state index in [4.69, 9.17) is 5.26 Å². The number of fused-ring (bicyclic) bond motifs is 1. The zero-order valence-electron chi connectivity index (χ0n) is 16.2. The molecule has 3 nitrogen and oxygen atoms in total. The molecule has 142 valence electrons. The van der Waals surface area contributed by atoms with Crippen LogP contribution >= 0.6 is 15.9 Å². The summed E-state index contributed by atoms with van der Waals surface area (Å²) >= 11 is 3.55. The van der Waals surface area contributed by atoms with Gasteiger partial charge in [0.25, 0.3) is 0 Å². The predicted octanol–water partition coefficient (Wildman–Crippen LogP) is 6.50. The second-order valence-electron chi connectivity index (χ2n) is 7.73. The number of halogens is 1. The minimum absolute atomic E-state index is 0.134. The molecule has 1 aromatic carbocycles. The van der Waals surface area contributed by atoms with E-state index >= 15 is 0 Å². The summed E-state index contributed by atoms with van der Waals surface area (Å²) in [4.78, 5) is 14.8. The fraction of sp³-hybridized carbons (Fsp3) is 0.636. The van der Waals surface area contributed by atoms with Crippen molar-refractivity contribution >= 4 is 27.5 Å². The van der Waals surface area contributed by atoms with Gasteiger partial charge in [-0.2, -0.15) is 5.26 Å². The highest BCUT2D eigenvalue weighted by Crippen LogP contribution is 2.44. The van der Waals surface area contributed by atoms with Crippen LogP contribution in [0.5, 0.6) is 0 Å². The molecule has 1 aliphatic rings. The maximum atomic E-state index is 12.8. The first-order chi connectivity index (χ1) is 12.5. The van der Waals surface area contributed by atoms with Crippen molar-refractivity contribution in [3.8, 4) is 6.07 Å². The van der Waals surface area contributed by atoms with Gasteiger partial charge in [-0.05, 0) is 36.6 Å². The molecule has 2 rings (SSSR count). The molecule has 26 heavy (non-hydrogen) atoms. The van der Waals surface area contributed by atoms with Crippen LogP contribution in [0.15, 0.2) is 22.7 Å². The Morgan fingerprint density at radius 2 is 1.92 bits per heavy atom. The lowest BCUT2D eigenvalue weighted by molar-refractivity contribution is -0.118. The van der Waals surface area contributed by atoms with E-state index in [2.05, 4.69) is 41.9 Å². The van der Waals surface area contributed by atoms with Gasteiger partial charge in [0.05, 0.1) is 6.07 Å². The van der Waals surface area contributed by atoms with E-state index in [1.54, 1.807) is 0 Å². The third-order valence-electron chi connectivity index (χ3n) is 5.49. The summed E-state index contributed by atoms with van der Waals surface area (Å²) in [5.74, 6) is 0.225. The fourth-order valence-corrected chi connectivity index (χ4v) is 4.24. The molecular weight excluding hydrogens is 388 g/mol. The van der Waals surface area contributed by atoms with Crippen LogP contribution in [0.1, 0.15) is 83.6 Å². The summed E-state index contributed by atoms with van der Waals surface area (Å²) in [6.45, 7) is 5.10. The van der Waals surface area contributed by atoms with Crippen molar-refractivity contribution in [2.24, 2.45) is 0 Å². The van der Waals surface area contributed by atoms with Crippen LogP contribution < -0.4 is 4.90 Å². The SMILES string of the molecule is CCCCCCCCCC(=O)N1CC(C)(CCC#N)c2cc(Br)ccc21. The second-order valence-corrected chi connectivity index (χ2v) is 8.65. The van der Waals surface area contributed by atoms with Crippen molar-refractivity contribution in [1.29, 1.82) is 5.26 Å². The molecule has 0 saturated heterocycles. The van der Waals surface area contributed by atoms with Crippen LogP contribution in [0.3, 0.4) is 0 Å². The minimum Gasteiger partial charge on any atom is -0.311 e. The molecular formula is C22H31BrN2O. The number of rotatable bonds is 10. The normalized spacial score (nSPS) is 18.6. The van der Waals surface area contributed by atoms with Gasteiger partial charge in [0, 0.05) is 35.0 Å². The molecule has 1 unspecified atom stereocenters. The summed E-state index contributed by atoms with van der Waals surface area (Å²) in [5, 5.41) is 9.00. The first-order valence-electron chi connectivity index (χ1n) is 9.99. The van der Waals surface area contributed by atoms with Gasteiger partial charge in [-0.25, -0.2) is 0 Å². The third-order valence-corrected chi connectivity index (χ3v) is 5.98. The summed E-state index contributed by atoms with van der Waals surface area (Å²) in [6, 6.07) is 8.42. The van der Waals surface area contributed by atoms with Crippen LogP contribution in [0, 0.1) is 11.3 Å². The van der Waals surface area contributed by atoms with E-state index in [9.17, 15) is 4.79 Å². The predicted molar refractivity (Wildman–Crippen MR) is 111 cm³/mol. The van der Waals surface area contributed by atoms with Crippen molar-refractivity contribution in [3.05, 3.63) is 28.2 Å². The number of hydrogen-bond donors (Lipinski definition) is 0. The Bertz CT molecular complexity index is 652.